The van der Waals surface area contributed by atoms with Gasteiger partial charge >= 0.3 is 12.1 Å². The van der Waals surface area contributed by atoms with E-state index < -0.39 is 5.60 Å². The van der Waals surface area contributed by atoms with Crippen molar-refractivity contribution in [2.45, 2.75) is 64.0 Å². The SMILES string of the molecule is COC(=O)C1CC(n2cc(-c3cnc4c(C5CCN(C(=O)OC(C)(C)C)CC5)cccc4n3)cn2)C1. The van der Waals surface area contributed by atoms with E-state index in [4.69, 9.17) is 19.4 Å². The number of para-hydroxylation sites is 1. The van der Waals surface area contributed by atoms with Crippen molar-refractivity contribution in [3.63, 3.8) is 0 Å². The molecule has 0 radical (unpaired) electrons. The minimum absolute atomic E-state index is 0.0393. The molecule has 1 aromatic carbocycles. The minimum Gasteiger partial charge on any atom is -0.469 e. The molecule has 0 N–H and O–H groups in total. The van der Waals surface area contributed by atoms with Crippen molar-refractivity contribution >= 4 is 23.1 Å². The number of benzene rings is 1. The fourth-order valence-corrected chi connectivity index (χ4v) is 5.06. The van der Waals surface area contributed by atoms with E-state index in [0.717, 1.165) is 48.0 Å². The van der Waals surface area contributed by atoms with Crippen LogP contribution in [0.15, 0.2) is 36.8 Å². The molecule has 3 aromatic rings. The predicted molar refractivity (Wildman–Crippen MR) is 134 cm³/mol. The van der Waals surface area contributed by atoms with E-state index in [1.165, 1.54) is 12.7 Å². The van der Waals surface area contributed by atoms with Gasteiger partial charge in [0.2, 0.25) is 0 Å². The normalized spacial score (nSPS) is 20.7. The zero-order valence-electron chi connectivity index (χ0n) is 21.3. The van der Waals surface area contributed by atoms with Crippen molar-refractivity contribution in [1.82, 2.24) is 24.6 Å². The third-order valence-corrected chi connectivity index (χ3v) is 7.11. The first kappa shape index (κ1) is 24.2. The van der Waals surface area contributed by atoms with Gasteiger partial charge in [-0.25, -0.2) is 9.78 Å². The van der Waals surface area contributed by atoms with Crippen LogP contribution < -0.4 is 0 Å². The minimum atomic E-state index is -0.489. The van der Waals surface area contributed by atoms with Gasteiger partial charge in [-0.15, -0.1) is 0 Å². The summed E-state index contributed by atoms with van der Waals surface area (Å²) in [6.07, 6.45) is 8.56. The molecule has 0 atom stereocenters. The lowest BCUT2D eigenvalue weighted by molar-refractivity contribution is -0.149. The third kappa shape index (κ3) is 4.92. The molecule has 3 heterocycles. The summed E-state index contributed by atoms with van der Waals surface area (Å²) in [7, 11) is 1.43. The summed E-state index contributed by atoms with van der Waals surface area (Å²) >= 11 is 0. The molecule has 1 amide bonds. The molecule has 2 aromatic heterocycles. The Labute approximate surface area is 210 Å². The molecule has 36 heavy (non-hydrogen) atoms. The lowest BCUT2D eigenvalue weighted by Gasteiger charge is -2.33. The van der Waals surface area contributed by atoms with E-state index in [9.17, 15) is 9.59 Å². The van der Waals surface area contributed by atoms with Crippen LogP contribution in [0.25, 0.3) is 22.3 Å². The number of piperidine rings is 1. The van der Waals surface area contributed by atoms with Crippen LogP contribution in [0.3, 0.4) is 0 Å². The monoisotopic (exact) mass is 491 g/mol. The summed E-state index contributed by atoms with van der Waals surface area (Å²) in [6, 6.07) is 6.34. The van der Waals surface area contributed by atoms with Crippen molar-refractivity contribution < 1.29 is 19.1 Å². The largest absolute Gasteiger partial charge is 0.469 e. The molecular formula is C27H33N5O4. The number of likely N-dealkylation sites (tertiary alicyclic amines) is 1. The van der Waals surface area contributed by atoms with Crippen molar-refractivity contribution in [1.29, 1.82) is 0 Å². The number of carbonyl (C=O) groups is 2. The van der Waals surface area contributed by atoms with E-state index in [1.807, 2.05) is 43.8 Å². The van der Waals surface area contributed by atoms with E-state index in [0.29, 0.717) is 19.0 Å². The first-order valence-corrected chi connectivity index (χ1v) is 12.6. The van der Waals surface area contributed by atoms with Crippen LogP contribution in [0.4, 0.5) is 4.79 Å². The highest BCUT2D eigenvalue weighted by atomic mass is 16.6. The van der Waals surface area contributed by atoms with Gasteiger partial charge in [0.15, 0.2) is 0 Å². The van der Waals surface area contributed by atoms with Crippen molar-refractivity contribution in [2.75, 3.05) is 20.2 Å². The summed E-state index contributed by atoms with van der Waals surface area (Å²) in [6.45, 7) is 7.00. The molecule has 0 bridgehead atoms. The van der Waals surface area contributed by atoms with Crippen LogP contribution >= 0.6 is 0 Å². The number of rotatable bonds is 4. The number of esters is 1. The van der Waals surface area contributed by atoms with E-state index >= 15 is 0 Å². The van der Waals surface area contributed by atoms with Crippen LogP contribution in [-0.2, 0) is 14.3 Å². The molecule has 9 heteroatoms. The van der Waals surface area contributed by atoms with Crippen molar-refractivity contribution in [2.24, 2.45) is 5.92 Å². The quantitative estimate of drug-likeness (QED) is 0.486. The summed E-state index contributed by atoms with van der Waals surface area (Å²) in [5, 5.41) is 4.50. The first-order valence-electron chi connectivity index (χ1n) is 12.6. The van der Waals surface area contributed by atoms with Crippen LogP contribution in [0, 0.1) is 5.92 Å². The number of nitrogens with zero attached hydrogens (tertiary/aromatic N) is 5. The zero-order valence-corrected chi connectivity index (χ0v) is 21.3. The summed E-state index contributed by atoms with van der Waals surface area (Å²) in [5.74, 6) is 0.129. The topological polar surface area (TPSA) is 99.4 Å². The lowest BCUT2D eigenvalue weighted by Crippen LogP contribution is -2.41. The Morgan fingerprint density at radius 3 is 2.53 bits per heavy atom. The average Bonchev–Trinajstić information content (AvgIpc) is 3.31. The fourth-order valence-electron chi connectivity index (χ4n) is 5.06. The highest BCUT2D eigenvalue weighted by Crippen LogP contribution is 2.39. The summed E-state index contributed by atoms with van der Waals surface area (Å²) in [5.41, 5.74) is 4.12. The molecule has 190 valence electrons. The van der Waals surface area contributed by atoms with Gasteiger partial charge < -0.3 is 14.4 Å². The predicted octanol–water partition coefficient (Wildman–Crippen LogP) is 4.73. The van der Waals surface area contributed by atoms with Gasteiger partial charge in [-0.1, -0.05) is 12.1 Å². The number of hydrogen-bond donors (Lipinski definition) is 0. The highest BCUT2D eigenvalue weighted by Gasteiger charge is 2.37. The van der Waals surface area contributed by atoms with Gasteiger partial charge in [0.05, 0.1) is 48.2 Å². The molecule has 1 saturated heterocycles. The van der Waals surface area contributed by atoms with Crippen LogP contribution in [0.5, 0.6) is 0 Å². The number of ether oxygens (including phenoxy) is 2. The van der Waals surface area contributed by atoms with Gasteiger partial charge in [0.1, 0.15) is 5.60 Å². The van der Waals surface area contributed by atoms with Gasteiger partial charge in [-0.05, 0) is 64.0 Å². The van der Waals surface area contributed by atoms with E-state index in [-0.39, 0.29) is 24.0 Å². The maximum absolute atomic E-state index is 12.4. The van der Waals surface area contributed by atoms with Crippen LogP contribution in [0.2, 0.25) is 0 Å². The number of hydrogen-bond acceptors (Lipinski definition) is 7. The smallest absolute Gasteiger partial charge is 0.410 e. The summed E-state index contributed by atoms with van der Waals surface area (Å²) < 4.78 is 12.3. The standard InChI is InChI=1S/C27H33N5O4/c1-27(2,3)36-26(34)31-10-8-17(9-11-31)21-6-5-7-22-24(21)28-15-23(30-22)19-14-29-32(16-19)20-12-18(13-20)25(33)35-4/h5-7,14-18,20H,8-13H2,1-4H3. The number of aromatic nitrogens is 4. The molecular weight excluding hydrogens is 458 g/mol. The number of amides is 1. The second-order valence-electron chi connectivity index (χ2n) is 10.8. The third-order valence-electron chi connectivity index (χ3n) is 7.11. The van der Waals surface area contributed by atoms with E-state index in [1.54, 1.807) is 17.3 Å². The van der Waals surface area contributed by atoms with Gasteiger partial charge in [0.25, 0.3) is 0 Å². The zero-order chi connectivity index (χ0) is 25.4. The van der Waals surface area contributed by atoms with Crippen molar-refractivity contribution in [3.8, 4) is 11.3 Å². The maximum atomic E-state index is 12.4. The Kier molecular flexibility index (Phi) is 6.40. The number of fused-ring (bicyclic) bond motifs is 1. The molecule has 2 aliphatic rings. The van der Waals surface area contributed by atoms with E-state index in [2.05, 4.69) is 11.2 Å². The maximum Gasteiger partial charge on any atom is 0.410 e. The van der Waals surface area contributed by atoms with Crippen molar-refractivity contribution in [3.05, 3.63) is 42.4 Å². The highest BCUT2D eigenvalue weighted by molar-refractivity contribution is 5.81. The molecule has 0 spiro atoms. The van der Waals surface area contributed by atoms with Gasteiger partial charge in [0, 0.05) is 24.8 Å². The fraction of sp³-hybridized carbons (Fsp3) is 0.519. The average molecular weight is 492 g/mol. The Balaban J connectivity index is 1.28. The molecule has 1 aliphatic heterocycles. The van der Waals surface area contributed by atoms with Crippen LogP contribution in [-0.4, -0.2) is 62.5 Å². The number of methoxy groups -OCH3 is 1. The Morgan fingerprint density at radius 2 is 1.83 bits per heavy atom. The Morgan fingerprint density at radius 1 is 1.08 bits per heavy atom. The van der Waals surface area contributed by atoms with Gasteiger partial charge in [-0.3, -0.25) is 14.5 Å². The molecule has 2 fully saturated rings. The molecule has 5 rings (SSSR count). The summed E-state index contributed by atoms with van der Waals surface area (Å²) in [4.78, 5) is 35.6. The Hall–Kier alpha value is -3.49. The van der Waals surface area contributed by atoms with Gasteiger partial charge in [-0.2, -0.15) is 5.10 Å². The second kappa shape index (κ2) is 9.52. The first-order chi connectivity index (χ1) is 17.2. The Bertz CT molecular complexity index is 1270. The number of carbonyl (C=O) groups excluding carboxylic acids is 2. The second-order valence-corrected chi connectivity index (χ2v) is 10.8. The molecule has 1 saturated carbocycles. The lowest BCUT2D eigenvalue weighted by atomic mass is 9.80. The van der Waals surface area contributed by atoms with Crippen LogP contribution in [0.1, 0.15) is 64.0 Å². The molecule has 1 aliphatic carbocycles. The molecule has 9 nitrogen and oxygen atoms in total. The molecule has 0 unspecified atom stereocenters.